The number of benzene rings is 1. The highest BCUT2D eigenvalue weighted by Gasteiger charge is 2.13. The standard InChI is InChI=1S/C16H21NO5/c1-3-4-9-22-16(19)6-5-15-12(2)10-14(17(20)21)11-13(15)7-8-18/h5-6,10-11,18H,3-4,7-9H2,1-2H3/b6-5+. The number of hydrogen-bond acceptors (Lipinski definition) is 5. The summed E-state index contributed by atoms with van der Waals surface area (Å²) in [4.78, 5) is 22.0. The molecule has 0 aliphatic heterocycles. The van der Waals surface area contributed by atoms with Crippen molar-refractivity contribution in [3.63, 3.8) is 0 Å². The number of aryl methyl sites for hydroxylation is 1. The predicted octanol–water partition coefficient (Wildman–Crippen LogP) is 2.79. The number of ether oxygens (including phenoxy) is 1. The summed E-state index contributed by atoms with van der Waals surface area (Å²) in [6.45, 7) is 3.99. The van der Waals surface area contributed by atoms with Gasteiger partial charge in [0, 0.05) is 24.8 Å². The molecular weight excluding hydrogens is 286 g/mol. The Balaban J connectivity index is 2.97. The fraction of sp³-hybridized carbons (Fsp3) is 0.438. The zero-order chi connectivity index (χ0) is 16.5. The maximum Gasteiger partial charge on any atom is 0.330 e. The Morgan fingerprint density at radius 1 is 1.45 bits per heavy atom. The van der Waals surface area contributed by atoms with Gasteiger partial charge in [-0.2, -0.15) is 0 Å². The van der Waals surface area contributed by atoms with Crippen LogP contribution in [-0.2, 0) is 16.0 Å². The van der Waals surface area contributed by atoms with Crippen molar-refractivity contribution in [2.45, 2.75) is 33.1 Å². The number of aliphatic hydroxyl groups is 1. The van der Waals surface area contributed by atoms with E-state index in [0.717, 1.165) is 12.8 Å². The van der Waals surface area contributed by atoms with E-state index in [1.807, 2.05) is 6.92 Å². The quantitative estimate of drug-likeness (QED) is 0.262. The number of carbonyl (C=O) groups is 1. The number of hydrogen-bond donors (Lipinski definition) is 1. The molecule has 1 aromatic rings. The number of carbonyl (C=O) groups excluding carboxylic acids is 1. The molecule has 6 heteroatoms. The first-order chi connectivity index (χ1) is 10.5. The highest BCUT2D eigenvalue weighted by molar-refractivity contribution is 5.87. The molecular formula is C16H21NO5. The van der Waals surface area contributed by atoms with E-state index in [-0.39, 0.29) is 18.7 Å². The van der Waals surface area contributed by atoms with Crippen molar-refractivity contribution in [2.24, 2.45) is 0 Å². The lowest BCUT2D eigenvalue weighted by Gasteiger charge is -2.08. The van der Waals surface area contributed by atoms with E-state index in [1.165, 1.54) is 18.2 Å². The molecule has 0 aliphatic carbocycles. The fourth-order valence-corrected chi connectivity index (χ4v) is 2.04. The minimum Gasteiger partial charge on any atom is -0.463 e. The van der Waals surface area contributed by atoms with Gasteiger partial charge in [-0.05, 0) is 42.5 Å². The van der Waals surface area contributed by atoms with Crippen molar-refractivity contribution >= 4 is 17.7 Å². The molecule has 22 heavy (non-hydrogen) atoms. The molecule has 0 atom stereocenters. The number of esters is 1. The first-order valence-corrected chi connectivity index (χ1v) is 7.23. The van der Waals surface area contributed by atoms with E-state index in [9.17, 15) is 14.9 Å². The van der Waals surface area contributed by atoms with Gasteiger partial charge in [-0.3, -0.25) is 10.1 Å². The summed E-state index contributed by atoms with van der Waals surface area (Å²) >= 11 is 0. The third-order valence-corrected chi connectivity index (χ3v) is 3.18. The van der Waals surface area contributed by atoms with Crippen molar-refractivity contribution in [1.29, 1.82) is 0 Å². The van der Waals surface area contributed by atoms with E-state index in [4.69, 9.17) is 9.84 Å². The van der Waals surface area contributed by atoms with Crippen LogP contribution < -0.4 is 0 Å². The largest absolute Gasteiger partial charge is 0.463 e. The van der Waals surface area contributed by atoms with Crippen molar-refractivity contribution in [1.82, 2.24) is 0 Å². The summed E-state index contributed by atoms with van der Waals surface area (Å²) in [6.07, 6.45) is 4.93. The zero-order valence-electron chi connectivity index (χ0n) is 12.9. The Hall–Kier alpha value is -2.21. The molecule has 0 bridgehead atoms. The van der Waals surface area contributed by atoms with E-state index in [2.05, 4.69) is 0 Å². The highest BCUT2D eigenvalue weighted by Crippen LogP contribution is 2.24. The van der Waals surface area contributed by atoms with Crippen LogP contribution in [0.15, 0.2) is 18.2 Å². The van der Waals surface area contributed by atoms with Gasteiger partial charge in [0.15, 0.2) is 0 Å². The minimum atomic E-state index is -0.472. The number of nitrogens with zero attached hydrogens (tertiary/aromatic N) is 1. The molecule has 1 rings (SSSR count). The van der Waals surface area contributed by atoms with Crippen LogP contribution in [0.25, 0.3) is 6.08 Å². The molecule has 0 aliphatic rings. The Bertz CT molecular complexity index is 566. The van der Waals surface area contributed by atoms with E-state index < -0.39 is 10.9 Å². The van der Waals surface area contributed by atoms with Crippen molar-refractivity contribution in [3.05, 3.63) is 45.0 Å². The second-order valence-corrected chi connectivity index (χ2v) is 4.92. The number of non-ortho nitro benzene ring substituents is 1. The maximum absolute atomic E-state index is 11.6. The van der Waals surface area contributed by atoms with Crippen LogP contribution in [0.1, 0.15) is 36.5 Å². The molecule has 0 unspecified atom stereocenters. The van der Waals surface area contributed by atoms with E-state index in [0.29, 0.717) is 23.3 Å². The summed E-state index contributed by atoms with van der Waals surface area (Å²) in [7, 11) is 0. The summed E-state index contributed by atoms with van der Waals surface area (Å²) in [5.74, 6) is -0.443. The lowest BCUT2D eigenvalue weighted by atomic mass is 9.98. The van der Waals surface area contributed by atoms with Gasteiger partial charge in [-0.15, -0.1) is 0 Å². The molecule has 0 aromatic heterocycles. The predicted molar refractivity (Wildman–Crippen MR) is 83.5 cm³/mol. The first kappa shape index (κ1) is 17.8. The SMILES string of the molecule is CCCCOC(=O)/C=C/c1c(C)cc([N+](=O)[O-])cc1CCO. The highest BCUT2D eigenvalue weighted by atomic mass is 16.6. The van der Waals surface area contributed by atoms with Crippen LogP contribution in [0.2, 0.25) is 0 Å². The molecule has 0 spiro atoms. The number of unbranched alkanes of at least 4 members (excludes halogenated alkanes) is 1. The van der Waals surface area contributed by atoms with Crippen LogP contribution in [0, 0.1) is 17.0 Å². The van der Waals surface area contributed by atoms with Crippen LogP contribution in [0.4, 0.5) is 5.69 Å². The molecule has 0 saturated carbocycles. The number of aliphatic hydroxyl groups excluding tert-OH is 1. The van der Waals surface area contributed by atoms with E-state index in [1.54, 1.807) is 13.0 Å². The molecule has 0 radical (unpaired) electrons. The molecule has 1 N–H and O–H groups in total. The third-order valence-electron chi connectivity index (χ3n) is 3.18. The normalized spacial score (nSPS) is 10.9. The summed E-state index contributed by atoms with van der Waals surface area (Å²) in [5, 5.41) is 20.0. The topological polar surface area (TPSA) is 89.7 Å². The van der Waals surface area contributed by atoms with Gasteiger partial charge in [0.05, 0.1) is 11.5 Å². The van der Waals surface area contributed by atoms with Gasteiger partial charge in [-0.1, -0.05) is 13.3 Å². The molecule has 120 valence electrons. The van der Waals surface area contributed by atoms with Crippen LogP contribution in [0.5, 0.6) is 0 Å². The fourth-order valence-electron chi connectivity index (χ4n) is 2.04. The number of nitro benzene ring substituents is 1. The summed E-state index contributed by atoms with van der Waals surface area (Å²) in [5.41, 5.74) is 1.98. The average molecular weight is 307 g/mol. The van der Waals surface area contributed by atoms with Gasteiger partial charge in [-0.25, -0.2) is 4.79 Å². The average Bonchev–Trinajstić information content (AvgIpc) is 2.46. The van der Waals surface area contributed by atoms with Gasteiger partial charge in [0.2, 0.25) is 0 Å². The Morgan fingerprint density at radius 2 is 2.18 bits per heavy atom. The maximum atomic E-state index is 11.6. The van der Waals surface area contributed by atoms with Gasteiger partial charge in [0.1, 0.15) is 0 Å². The Labute approximate surface area is 129 Å². The Morgan fingerprint density at radius 3 is 2.77 bits per heavy atom. The van der Waals surface area contributed by atoms with Crippen LogP contribution in [-0.4, -0.2) is 29.2 Å². The van der Waals surface area contributed by atoms with Gasteiger partial charge >= 0.3 is 5.97 Å². The molecule has 0 amide bonds. The molecule has 1 aromatic carbocycles. The van der Waals surface area contributed by atoms with Crippen molar-refractivity contribution < 1.29 is 19.6 Å². The number of nitro groups is 1. The molecule has 6 nitrogen and oxygen atoms in total. The van der Waals surface area contributed by atoms with Crippen molar-refractivity contribution in [2.75, 3.05) is 13.2 Å². The molecule has 0 saturated heterocycles. The second-order valence-electron chi connectivity index (χ2n) is 4.92. The zero-order valence-corrected chi connectivity index (χ0v) is 12.9. The van der Waals surface area contributed by atoms with Crippen molar-refractivity contribution in [3.8, 4) is 0 Å². The van der Waals surface area contributed by atoms with Gasteiger partial charge in [0.25, 0.3) is 5.69 Å². The second kappa shape index (κ2) is 8.94. The molecule has 0 heterocycles. The minimum absolute atomic E-state index is 0.0244. The lowest BCUT2D eigenvalue weighted by Crippen LogP contribution is -2.03. The monoisotopic (exact) mass is 307 g/mol. The van der Waals surface area contributed by atoms with Gasteiger partial charge < -0.3 is 9.84 Å². The van der Waals surface area contributed by atoms with E-state index >= 15 is 0 Å². The smallest absolute Gasteiger partial charge is 0.330 e. The van der Waals surface area contributed by atoms with Crippen LogP contribution >= 0.6 is 0 Å². The van der Waals surface area contributed by atoms with Crippen LogP contribution in [0.3, 0.4) is 0 Å². The number of rotatable bonds is 8. The summed E-state index contributed by atoms with van der Waals surface area (Å²) in [6, 6.07) is 2.87. The molecule has 0 fully saturated rings. The first-order valence-electron chi connectivity index (χ1n) is 7.23. The Kier molecular flexibility index (Phi) is 7.25. The lowest BCUT2D eigenvalue weighted by molar-refractivity contribution is -0.385. The summed E-state index contributed by atoms with van der Waals surface area (Å²) < 4.78 is 5.02. The third kappa shape index (κ3) is 5.29.